The van der Waals surface area contributed by atoms with Crippen molar-refractivity contribution in [3.63, 3.8) is 0 Å². The first-order chi connectivity index (χ1) is 9.99. The van der Waals surface area contributed by atoms with Gasteiger partial charge in [-0.25, -0.2) is 0 Å². The van der Waals surface area contributed by atoms with E-state index < -0.39 is 6.04 Å². The summed E-state index contributed by atoms with van der Waals surface area (Å²) in [6.45, 7) is 4.24. The maximum atomic E-state index is 12.2. The first-order valence-electron chi connectivity index (χ1n) is 6.94. The molecule has 0 fully saturated rings. The zero-order valence-electron chi connectivity index (χ0n) is 12.8. The van der Waals surface area contributed by atoms with Crippen LogP contribution in [0.1, 0.15) is 19.4 Å². The van der Waals surface area contributed by atoms with Gasteiger partial charge in [0.2, 0.25) is 5.91 Å². The van der Waals surface area contributed by atoms with Gasteiger partial charge in [0.15, 0.2) is 0 Å². The van der Waals surface area contributed by atoms with Gasteiger partial charge in [-0.15, -0.1) is 0 Å². The van der Waals surface area contributed by atoms with E-state index in [9.17, 15) is 9.59 Å². The van der Waals surface area contributed by atoms with Crippen molar-refractivity contribution in [1.82, 2.24) is 4.90 Å². The molecule has 0 radical (unpaired) electrons. The molecule has 1 rings (SSSR count). The maximum Gasteiger partial charge on any atom is 0.320 e. The molecule has 1 aromatic rings. The Hall–Kier alpha value is -1.92. The first kappa shape index (κ1) is 17.1. The summed E-state index contributed by atoms with van der Waals surface area (Å²) >= 11 is 0. The van der Waals surface area contributed by atoms with Gasteiger partial charge in [0, 0.05) is 12.2 Å². The van der Waals surface area contributed by atoms with Crippen LogP contribution in [0.4, 0.5) is 5.69 Å². The number of carbonyl (C=O) groups excluding carboxylic acids is 2. The number of benzene rings is 1. The molecule has 21 heavy (non-hydrogen) atoms. The highest BCUT2D eigenvalue weighted by atomic mass is 16.5. The van der Waals surface area contributed by atoms with Crippen molar-refractivity contribution in [3.05, 3.63) is 29.8 Å². The van der Waals surface area contributed by atoms with Gasteiger partial charge < -0.3 is 15.8 Å². The van der Waals surface area contributed by atoms with Gasteiger partial charge in [-0.2, -0.15) is 0 Å². The van der Waals surface area contributed by atoms with E-state index in [1.165, 1.54) is 0 Å². The van der Waals surface area contributed by atoms with Crippen LogP contribution in [-0.2, 0) is 20.9 Å². The molecule has 0 saturated heterocycles. The molecular weight excluding hydrogens is 270 g/mol. The second-order valence-corrected chi connectivity index (χ2v) is 4.75. The summed E-state index contributed by atoms with van der Waals surface area (Å²) in [6, 6.07) is 6.91. The summed E-state index contributed by atoms with van der Waals surface area (Å²) in [4.78, 5) is 25.3. The Morgan fingerprint density at radius 2 is 2.05 bits per heavy atom. The molecule has 0 aliphatic heterocycles. The Balaban J connectivity index is 2.63. The number of nitrogens with two attached hydrogens (primary N) is 1. The van der Waals surface area contributed by atoms with Crippen LogP contribution in [0.15, 0.2) is 24.3 Å². The van der Waals surface area contributed by atoms with Gasteiger partial charge in [0.25, 0.3) is 0 Å². The summed E-state index contributed by atoms with van der Waals surface area (Å²) in [5, 5.41) is 2.83. The maximum absolute atomic E-state index is 12.2. The van der Waals surface area contributed by atoms with Gasteiger partial charge in [-0.1, -0.05) is 18.2 Å². The molecule has 1 atom stereocenters. The summed E-state index contributed by atoms with van der Waals surface area (Å²) in [7, 11) is 1.70. The second kappa shape index (κ2) is 8.39. The van der Waals surface area contributed by atoms with E-state index in [1.807, 2.05) is 18.2 Å². The zero-order valence-corrected chi connectivity index (χ0v) is 12.8. The molecular formula is C15H23N3O3. The average Bonchev–Trinajstić information content (AvgIpc) is 2.47. The van der Waals surface area contributed by atoms with Crippen molar-refractivity contribution >= 4 is 17.6 Å². The highest BCUT2D eigenvalue weighted by Gasteiger charge is 2.21. The lowest BCUT2D eigenvalue weighted by atomic mass is 10.1. The van der Waals surface area contributed by atoms with Crippen LogP contribution in [0, 0.1) is 0 Å². The molecule has 1 aromatic carbocycles. The van der Waals surface area contributed by atoms with E-state index in [0.29, 0.717) is 18.8 Å². The number of nitrogens with one attached hydrogen (secondary N) is 1. The van der Waals surface area contributed by atoms with E-state index in [0.717, 1.165) is 5.56 Å². The Labute approximate surface area is 125 Å². The molecule has 0 aromatic heterocycles. The number of nitrogens with zero attached hydrogens (tertiary/aromatic N) is 1. The van der Waals surface area contributed by atoms with E-state index in [4.69, 9.17) is 10.5 Å². The van der Waals surface area contributed by atoms with Crippen molar-refractivity contribution in [2.24, 2.45) is 5.73 Å². The lowest BCUT2D eigenvalue weighted by Gasteiger charge is -2.23. The number of esters is 1. The second-order valence-electron chi connectivity index (χ2n) is 4.75. The molecule has 1 amide bonds. The Bertz CT molecular complexity index is 491. The van der Waals surface area contributed by atoms with Crippen LogP contribution in [0.25, 0.3) is 0 Å². The number of hydrogen-bond acceptors (Lipinski definition) is 5. The van der Waals surface area contributed by atoms with E-state index in [2.05, 4.69) is 5.32 Å². The standard InChI is InChI=1S/C15H23N3O3/c1-4-21-14(19)10-18(3)11(2)15(20)17-13-8-6-5-7-12(13)9-16/h5-8,11H,4,9-10,16H2,1-3H3,(H,17,20). The monoisotopic (exact) mass is 293 g/mol. The molecule has 0 saturated carbocycles. The fourth-order valence-electron chi connectivity index (χ4n) is 1.80. The predicted molar refractivity (Wildman–Crippen MR) is 81.7 cm³/mol. The SMILES string of the molecule is CCOC(=O)CN(C)C(C)C(=O)Nc1ccccc1CN. The van der Waals surface area contributed by atoms with Crippen LogP contribution < -0.4 is 11.1 Å². The minimum absolute atomic E-state index is 0.0704. The van der Waals surface area contributed by atoms with Crippen molar-refractivity contribution in [1.29, 1.82) is 0 Å². The first-order valence-corrected chi connectivity index (χ1v) is 6.94. The fourth-order valence-corrected chi connectivity index (χ4v) is 1.80. The predicted octanol–water partition coefficient (Wildman–Crippen LogP) is 0.967. The topological polar surface area (TPSA) is 84.7 Å². The molecule has 0 heterocycles. The van der Waals surface area contributed by atoms with E-state index >= 15 is 0 Å². The number of para-hydroxylation sites is 1. The number of carbonyl (C=O) groups is 2. The molecule has 116 valence electrons. The normalized spacial score (nSPS) is 12.0. The van der Waals surface area contributed by atoms with Crippen LogP contribution in [0.2, 0.25) is 0 Å². The molecule has 6 heteroatoms. The number of amides is 1. The lowest BCUT2D eigenvalue weighted by Crippen LogP contribution is -2.42. The number of anilines is 1. The van der Waals surface area contributed by atoms with Crippen molar-refractivity contribution < 1.29 is 14.3 Å². The third-order valence-corrected chi connectivity index (χ3v) is 3.22. The molecule has 0 bridgehead atoms. The molecule has 0 aliphatic carbocycles. The summed E-state index contributed by atoms with van der Waals surface area (Å²) < 4.78 is 4.87. The minimum atomic E-state index is -0.458. The quantitative estimate of drug-likeness (QED) is 0.732. The van der Waals surface area contributed by atoms with E-state index in [1.54, 1.807) is 31.9 Å². The Morgan fingerprint density at radius 1 is 1.38 bits per heavy atom. The number of ether oxygens (including phenoxy) is 1. The van der Waals surface area contributed by atoms with Crippen LogP contribution in [0.5, 0.6) is 0 Å². The van der Waals surface area contributed by atoms with Gasteiger partial charge in [-0.3, -0.25) is 14.5 Å². The third-order valence-electron chi connectivity index (χ3n) is 3.22. The van der Waals surface area contributed by atoms with Gasteiger partial charge in [0.1, 0.15) is 0 Å². The number of likely N-dealkylation sites (N-methyl/N-ethyl adjacent to an activating group) is 1. The molecule has 0 aliphatic rings. The van der Waals surface area contributed by atoms with Crippen molar-refractivity contribution in [2.75, 3.05) is 25.5 Å². The van der Waals surface area contributed by atoms with E-state index in [-0.39, 0.29) is 18.4 Å². The molecule has 0 spiro atoms. The lowest BCUT2D eigenvalue weighted by molar-refractivity contribution is -0.144. The molecule has 1 unspecified atom stereocenters. The highest BCUT2D eigenvalue weighted by Crippen LogP contribution is 2.14. The fraction of sp³-hybridized carbons (Fsp3) is 0.467. The van der Waals surface area contributed by atoms with Crippen LogP contribution >= 0.6 is 0 Å². The van der Waals surface area contributed by atoms with Gasteiger partial charge in [0.05, 0.1) is 19.2 Å². The summed E-state index contributed by atoms with van der Waals surface area (Å²) in [6.07, 6.45) is 0. The van der Waals surface area contributed by atoms with Crippen LogP contribution in [-0.4, -0.2) is 43.0 Å². The Morgan fingerprint density at radius 3 is 2.67 bits per heavy atom. The van der Waals surface area contributed by atoms with Crippen molar-refractivity contribution in [3.8, 4) is 0 Å². The smallest absolute Gasteiger partial charge is 0.320 e. The Kier molecular flexibility index (Phi) is 6.84. The third kappa shape index (κ3) is 5.17. The number of rotatable bonds is 7. The van der Waals surface area contributed by atoms with Crippen molar-refractivity contribution in [2.45, 2.75) is 26.4 Å². The number of hydrogen-bond donors (Lipinski definition) is 2. The largest absolute Gasteiger partial charge is 0.465 e. The highest BCUT2D eigenvalue weighted by molar-refractivity contribution is 5.95. The zero-order chi connectivity index (χ0) is 15.8. The van der Waals surface area contributed by atoms with Crippen LogP contribution in [0.3, 0.4) is 0 Å². The minimum Gasteiger partial charge on any atom is -0.465 e. The average molecular weight is 293 g/mol. The molecule has 6 nitrogen and oxygen atoms in total. The molecule has 3 N–H and O–H groups in total. The van der Waals surface area contributed by atoms with Gasteiger partial charge >= 0.3 is 5.97 Å². The summed E-state index contributed by atoms with van der Waals surface area (Å²) in [5.74, 6) is -0.537. The summed E-state index contributed by atoms with van der Waals surface area (Å²) in [5.41, 5.74) is 7.20. The van der Waals surface area contributed by atoms with Gasteiger partial charge in [-0.05, 0) is 32.5 Å².